The predicted octanol–water partition coefficient (Wildman–Crippen LogP) is 22.9. The third kappa shape index (κ3) is 63.6. The number of hydrogen-bond donors (Lipinski definition) is 0. The van der Waals surface area contributed by atoms with Gasteiger partial charge in [-0.3, -0.25) is 14.4 Å². The van der Waals surface area contributed by atoms with Crippen LogP contribution in [-0.2, 0) is 28.6 Å². The van der Waals surface area contributed by atoms with E-state index in [1.807, 2.05) is 6.08 Å². The maximum atomic E-state index is 12.8. The summed E-state index contributed by atoms with van der Waals surface area (Å²) in [4.78, 5) is 38.0. The summed E-state index contributed by atoms with van der Waals surface area (Å²) >= 11 is 0. The summed E-state index contributed by atoms with van der Waals surface area (Å²) < 4.78 is 16.8. The number of esters is 3. The Morgan fingerprint density at radius 1 is 0.273 bits per heavy atom. The molecule has 0 radical (unpaired) electrons. The van der Waals surface area contributed by atoms with Crippen molar-refractivity contribution in [1.29, 1.82) is 0 Å². The highest BCUT2D eigenvalue weighted by Crippen LogP contribution is 2.18. The van der Waals surface area contributed by atoms with Crippen LogP contribution in [0.4, 0.5) is 0 Å². The second-order valence-electron chi connectivity index (χ2n) is 22.4. The normalized spacial score (nSPS) is 12.5. The van der Waals surface area contributed by atoms with Gasteiger partial charge in [0.2, 0.25) is 0 Å². The minimum absolute atomic E-state index is 0.102. The van der Waals surface area contributed by atoms with Crippen molar-refractivity contribution in [3.05, 3.63) is 72.9 Å². The van der Waals surface area contributed by atoms with E-state index >= 15 is 0 Å². The third-order valence-electron chi connectivity index (χ3n) is 14.7. The molecular formula is C71H126O6. The number of unbranched alkanes of at least 4 members (excludes halogenated alkanes) is 38. The first-order valence-corrected chi connectivity index (χ1v) is 33.4. The quantitative estimate of drug-likeness (QED) is 0.0261. The average Bonchev–Trinajstić information content (AvgIpc) is 3.43. The average molecular weight is 1080 g/mol. The second kappa shape index (κ2) is 65.4. The molecule has 0 aliphatic heterocycles. The fraction of sp³-hybridized carbons (Fsp3) is 0.789. The molecule has 0 spiro atoms. The lowest BCUT2D eigenvalue weighted by molar-refractivity contribution is -0.166. The minimum atomic E-state index is -0.812. The number of ether oxygens (including phenoxy) is 3. The number of carbonyl (C=O) groups is 3. The Morgan fingerprint density at radius 3 is 0.766 bits per heavy atom. The van der Waals surface area contributed by atoms with Crippen LogP contribution in [0.1, 0.15) is 342 Å². The van der Waals surface area contributed by atoms with E-state index in [2.05, 4.69) is 87.6 Å². The van der Waals surface area contributed by atoms with Crippen molar-refractivity contribution in [3.8, 4) is 0 Å². The van der Waals surface area contributed by atoms with Gasteiger partial charge < -0.3 is 14.2 Å². The standard InChI is InChI=1S/C71H126O6/c1-4-7-10-13-16-18-20-22-24-26-28-29-30-31-32-33-34-35-36-37-38-39-40-41-43-44-46-48-50-52-55-58-61-64-70(73)76-67-68(66-75-69(72)63-60-57-54-15-12-9-6-3)77-71(74)65-62-59-56-53-51-49-47-45-42-27-25-23-21-19-17-14-11-8-5-2/h8,11,17,19,23,25,42,45,49,51,56,59,68H,4-7,9-10,12-16,18,20-22,24,26-41,43-44,46-48,50,52-55,57-58,60-67H2,1-3H3/b11-8-,19-17-,25-23-,45-42-,51-49-,59-56-. The van der Waals surface area contributed by atoms with Gasteiger partial charge in [0.25, 0.3) is 0 Å². The molecule has 446 valence electrons. The summed E-state index contributed by atoms with van der Waals surface area (Å²) in [6, 6.07) is 0. The molecule has 0 saturated heterocycles. The largest absolute Gasteiger partial charge is 0.462 e. The molecule has 0 aliphatic carbocycles. The Bertz CT molecular complexity index is 1420. The van der Waals surface area contributed by atoms with Crippen molar-refractivity contribution in [1.82, 2.24) is 0 Å². The number of hydrogen-bond acceptors (Lipinski definition) is 6. The van der Waals surface area contributed by atoms with Gasteiger partial charge in [-0.2, -0.15) is 0 Å². The first-order valence-electron chi connectivity index (χ1n) is 33.4. The Kier molecular flexibility index (Phi) is 62.7. The van der Waals surface area contributed by atoms with Crippen molar-refractivity contribution in [2.75, 3.05) is 13.2 Å². The number of rotatable bonds is 61. The van der Waals surface area contributed by atoms with E-state index < -0.39 is 6.10 Å². The molecule has 1 atom stereocenters. The van der Waals surface area contributed by atoms with Crippen molar-refractivity contribution < 1.29 is 28.6 Å². The fourth-order valence-electron chi connectivity index (χ4n) is 9.77. The SMILES string of the molecule is CC/C=C\C/C=C\C/C=C\C/C=C\C/C=C\C/C=C\CCC(=O)OC(COC(=O)CCCCCCCCC)COC(=O)CCCCCCCCCCCCCCCCCCCCCCCCCCCCCCCCCCC. The molecule has 6 heteroatoms. The summed E-state index contributed by atoms with van der Waals surface area (Å²) in [5.74, 6) is -0.982. The van der Waals surface area contributed by atoms with Gasteiger partial charge in [0.15, 0.2) is 6.10 Å². The zero-order valence-corrected chi connectivity index (χ0v) is 51.2. The van der Waals surface area contributed by atoms with Crippen LogP contribution < -0.4 is 0 Å². The van der Waals surface area contributed by atoms with Gasteiger partial charge in [0.05, 0.1) is 0 Å². The molecule has 0 aromatic rings. The predicted molar refractivity (Wildman–Crippen MR) is 335 cm³/mol. The van der Waals surface area contributed by atoms with E-state index in [4.69, 9.17) is 14.2 Å². The molecule has 0 fully saturated rings. The molecule has 0 rings (SSSR count). The zero-order valence-electron chi connectivity index (χ0n) is 51.2. The van der Waals surface area contributed by atoms with Crippen molar-refractivity contribution in [2.45, 2.75) is 348 Å². The molecule has 0 bridgehead atoms. The van der Waals surface area contributed by atoms with E-state index in [0.29, 0.717) is 19.3 Å². The zero-order chi connectivity index (χ0) is 55.7. The number of carbonyl (C=O) groups excluding carboxylic acids is 3. The van der Waals surface area contributed by atoms with Crippen LogP contribution in [0.3, 0.4) is 0 Å². The number of allylic oxidation sites excluding steroid dienone is 12. The lowest BCUT2D eigenvalue weighted by Gasteiger charge is -2.18. The molecule has 0 amide bonds. The fourth-order valence-corrected chi connectivity index (χ4v) is 9.77. The monoisotopic (exact) mass is 1070 g/mol. The highest BCUT2D eigenvalue weighted by Gasteiger charge is 2.19. The maximum absolute atomic E-state index is 12.8. The van der Waals surface area contributed by atoms with Crippen LogP contribution in [0.2, 0.25) is 0 Å². The highest BCUT2D eigenvalue weighted by molar-refractivity contribution is 5.71. The lowest BCUT2D eigenvalue weighted by atomic mass is 10.0. The van der Waals surface area contributed by atoms with Gasteiger partial charge in [0, 0.05) is 19.3 Å². The van der Waals surface area contributed by atoms with Crippen LogP contribution in [0.5, 0.6) is 0 Å². The summed E-state index contributed by atoms with van der Waals surface area (Å²) in [6.45, 7) is 6.46. The van der Waals surface area contributed by atoms with Crippen LogP contribution in [0.15, 0.2) is 72.9 Å². The molecule has 0 heterocycles. The first-order chi connectivity index (χ1) is 38.0. The molecule has 0 aromatic heterocycles. The Morgan fingerprint density at radius 2 is 0.506 bits per heavy atom. The molecule has 0 N–H and O–H groups in total. The van der Waals surface area contributed by atoms with Crippen molar-refractivity contribution >= 4 is 17.9 Å². The van der Waals surface area contributed by atoms with E-state index in [0.717, 1.165) is 77.0 Å². The molecule has 77 heavy (non-hydrogen) atoms. The molecule has 6 nitrogen and oxygen atoms in total. The molecule has 0 aromatic carbocycles. The molecule has 0 saturated carbocycles. The first kappa shape index (κ1) is 73.8. The van der Waals surface area contributed by atoms with Crippen molar-refractivity contribution in [3.63, 3.8) is 0 Å². The van der Waals surface area contributed by atoms with Gasteiger partial charge in [-0.15, -0.1) is 0 Å². The van der Waals surface area contributed by atoms with E-state index in [1.165, 1.54) is 218 Å². The van der Waals surface area contributed by atoms with Gasteiger partial charge in [0.1, 0.15) is 13.2 Å². The van der Waals surface area contributed by atoms with Gasteiger partial charge in [-0.25, -0.2) is 0 Å². The Hall–Kier alpha value is -3.15. The van der Waals surface area contributed by atoms with Crippen LogP contribution in [0.25, 0.3) is 0 Å². The van der Waals surface area contributed by atoms with Crippen LogP contribution >= 0.6 is 0 Å². The summed E-state index contributed by atoms with van der Waals surface area (Å²) in [5, 5.41) is 0. The van der Waals surface area contributed by atoms with E-state index in [1.54, 1.807) is 0 Å². The van der Waals surface area contributed by atoms with E-state index in [9.17, 15) is 14.4 Å². The Balaban J connectivity index is 4.04. The smallest absolute Gasteiger partial charge is 0.306 e. The molecule has 0 aliphatic rings. The maximum Gasteiger partial charge on any atom is 0.306 e. The van der Waals surface area contributed by atoms with Gasteiger partial charge in [-0.05, 0) is 57.8 Å². The van der Waals surface area contributed by atoms with Gasteiger partial charge >= 0.3 is 17.9 Å². The molecular weight excluding hydrogens is 949 g/mol. The summed E-state index contributed by atoms with van der Waals surface area (Å²) in [5.41, 5.74) is 0. The summed E-state index contributed by atoms with van der Waals surface area (Å²) in [7, 11) is 0. The Labute approximate surface area is 478 Å². The van der Waals surface area contributed by atoms with E-state index in [-0.39, 0.29) is 37.5 Å². The second-order valence-corrected chi connectivity index (χ2v) is 22.4. The topological polar surface area (TPSA) is 78.9 Å². The van der Waals surface area contributed by atoms with Crippen molar-refractivity contribution in [2.24, 2.45) is 0 Å². The van der Waals surface area contributed by atoms with Crippen LogP contribution in [0, 0.1) is 0 Å². The molecule has 1 unspecified atom stereocenters. The minimum Gasteiger partial charge on any atom is -0.462 e. The lowest BCUT2D eigenvalue weighted by Crippen LogP contribution is -2.30. The van der Waals surface area contributed by atoms with Gasteiger partial charge in [-0.1, -0.05) is 338 Å². The highest BCUT2D eigenvalue weighted by atomic mass is 16.6. The third-order valence-corrected chi connectivity index (χ3v) is 14.7. The van der Waals surface area contributed by atoms with Crippen LogP contribution in [-0.4, -0.2) is 37.2 Å². The summed E-state index contributed by atoms with van der Waals surface area (Å²) in [6.07, 6.45) is 85.6.